The summed E-state index contributed by atoms with van der Waals surface area (Å²) >= 11 is 0. The molecule has 1 saturated carbocycles. The van der Waals surface area contributed by atoms with Crippen LogP contribution in [0, 0.1) is 11.8 Å². The second-order valence-corrected chi connectivity index (χ2v) is 9.65. The molecule has 31 heavy (non-hydrogen) atoms. The monoisotopic (exact) mass is 454 g/mol. The van der Waals surface area contributed by atoms with E-state index in [-0.39, 0.29) is 42.9 Å². The van der Waals surface area contributed by atoms with E-state index in [0.29, 0.717) is 18.1 Å². The number of nitrogens with zero attached hydrogens (tertiary/aromatic N) is 1. The van der Waals surface area contributed by atoms with Crippen LogP contribution in [-0.4, -0.2) is 63.4 Å². The molecule has 0 unspecified atom stereocenters. The standard InChI is InChI=1S/C21H30N2O7S/c1-28-17-5-7-18(8-6-17)31(26,27)23(9-11-24)10-12-29-20-14-16(15-3-2-4-15)13-19(30-20)21(22)25/h5-8,13,15-16,20,24H,2-4,9-12,14H2,1H3,(H2,22,25)/t16-,20+/m1/s1. The molecule has 1 heterocycles. The van der Waals surface area contributed by atoms with E-state index in [4.69, 9.17) is 19.9 Å². The maximum absolute atomic E-state index is 13.0. The average molecular weight is 455 g/mol. The molecular formula is C21H30N2O7S. The summed E-state index contributed by atoms with van der Waals surface area (Å²) in [6.07, 6.45) is 5.09. The molecule has 0 spiro atoms. The molecule has 3 N–H and O–H groups in total. The van der Waals surface area contributed by atoms with Crippen molar-refractivity contribution in [3.8, 4) is 5.75 Å². The fraction of sp³-hybridized carbons (Fsp3) is 0.571. The highest BCUT2D eigenvalue weighted by molar-refractivity contribution is 7.89. The lowest BCUT2D eigenvalue weighted by atomic mass is 9.73. The van der Waals surface area contributed by atoms with Crippen molar-refractivity contribution in [3.63, 3.8) is 0 Å². The van der Waals surface area contributed by atoms with Crippen LogP contribution in [0.3, 0.4) is 0 Å². The van der Waals surface area contributed by atoms with Gasteiger partial charge in [-0.2, -0.15) is 4.31 Å². The Hall–Kier alpha value is -2.14. The number of ether oxygens (including phenoxy) is 3. The summed E-state index contributed by atoms with van der Waals surface area (Å²) in [5, 5.41) is 9.35. The molecular weight excluding hydrogens is 424 g/mol. The molecule has 1 amide bonds. The molecule has 172 valence electrons. The molecule has 0 radical (unpaired) electrons. The quantitative estimate of drug-likeness (QED) is 0.514. The zero-order chi connectivity index (χ0) is 22.4. The minimum absolute atomic E-state index is 0.0263. The Morgan fingerprint density at radius 3 is 2.52 bits per heavy atom. The van der Waals surface area contributed by atoms with Crippen LogP contribution < -0.4 is 10.5 Å². The van der Waals surface area contributed by atoms with Crippen LogP contribution in [0.25, 0.3) is 0 Å². The van der Waals surface area contributed by atoms with Crippen LogP contribution in [0.1, 0.15) is 25.7 Å². The van der Waals surface area contributed by atoms with Crippen LogP contribution in [-0.2, 0) is 24.3 Å². The van der Waals surface area contributed by atoms with Gasteiger partial charge < -0.3 is 25.1 Å². The van der Waals surface area contributed by atoms with Crippen molar-refractivity contribution < 1.29 is 32.5 Å². The highest BCUT2D eigenvalue weighted by atomic mass is 32.2. The Kier molecular flexibility index (Phi) is 7.93. The first-order valence-corrected chi connectivity index (χ1v) is 11.8. The van der Waals surface area contributed by atoms with Crippen molar-refractivity contribution in [1.82, 2.24) is 4.31 Å². The van der Waals surface area contributed by atoms with Crippen molar-refractivity contribution in [2.24, 2.45) is 17.6 Å². The Morgan fingerprint density at radius 1 is 1.26 bits per heavy atom. The largest absolute Gasteiger partial charge is 0.497 e. The van der Waals surface area contributed by atoms with E-state index in [0.717, 1.165) is 17.1 Å². The molecule has 0 aromatic heterocycles. The van der Waals surface area contributed by atoms with Gasteiger partial charge in [-0.15, -0.1) is 0 Å². The van der Waals surface area contributed by atoms with Gasteiger partial charge in [-0.3, -0.25) is 4.79 Å². The van der Waals surface area contributed by atoms with Gasteiger partial charge in [0.05, 0.1) is 25.2 Å². The minimum atomic E-state index is -3.82. The predicted molar refractivity (Wildman–Crippen MR) is 112 cm³/mol. The lowest BCUT2D eigenvalue weighted by Gasteiger charge is -2.37. The second kappa shape index (κ2) is 10.4. The third-order valence-electron chi connectivity index (χ3n) is 5.78. The summed E-state index contributed by atoms with van der Waals surface area (Å²) < 4.78 is 43.5. The second-order valence-electron chi connectivity index (χ2n) is 7.71. The number of aliphatic hydroxyl groups excluding tert-OH is 1. The molecule has 2 aliphatic rings. The summed E-state index contributed by atoms with van der Waals surface area (Å²) in [6.45, 7) is -0.323. The summed E-state index contributed by atoms with van der Waals surface area (Å²) in [5.74, 6) is 0.662. The highest BCUT2D eigenvalue weighted by Gasteiger charge is 2.34. The highest BCUT2D eigenvalue weighted by Crippen LogP contribution is 2.39. The van der Waals surface area contributed by atoms with Crippen molar-refractivity contribution >= 4 is 15.9 Å². The summed E-state index contributed by atoms with van der Waals surface area (Å²) in [6, 6.07) is 6.04. The Balaban J connectivity index is 1.62. The van der Waals surface area contributed by atoms with E-state index < -0.39 is 22.2 Å². The van der Waals surface area contributed by atoms with E-state index in [1.54, 1.807) is 18.2 Å². The van der Waals surface area contributed by atoms with Crippen molar-refractivity contribution in [1.29, 1.82) is 0 Å². The third-order valence-corrected chi connectivity index (χ3v) is 7.69. The zero-order valence-electron chi connectivity index (χ0n) is 17.6. The van der Waals surface area contributed by atoms with Gasteiger partial charge in [-0.05, 0) is 55.0 Å². The van der Waals surface area contributed by atoms with Crippen LogP contribution in [0.15, 0.2) is 41.0 Å². The number of amides is 1. The lowest BCUT2D eigenvalue weighted by molar-refractivity contribution is -0.150. The van der Waals surface area contributed by atoms with Gasteiger partial charge in [-0.25, -0.2) is 8.42 Å². The van der Waals surface area contributed by atoms with Crippen molar-refractivity contribution in [2.45, 2.75) is 36.9 Å². The van der Waals surface area contributed by atoms with E-state index in [9.17, 15) is 18.3 Å². The molecule has 0 bridgehead atoms. The molecule has 1 fully saturated rings. The topological polar surface area (TPSA) is 128 Å². The predicted octanol–water partition coefficient (Wildman–Crippen LogP) is 1.23. The van der Waals surface area contributed by atoms with Crippen molar-refractivity contribution in [3.05, 3.63) is 36.1 Å². The van der Waals surface area contributed by atoms with Gasteiger partial charge in [0.15, 0.2) is 5.76 Å². The molecule has 9 nitrogen and oxygen atoms in total. The third kappa shape index (κ3) is 5.76. The zero-order valence-corrected chi connectivity index (χ0v) is 18.4. The molecule has 10 heteroatoms. The number of sulfonamides is 1. The smallest absolute Gasteiger partial charge is 0.283 e. The minimum Gasteiger partial charge on any atom is -0.497 e. The number of allylic oxidation sites excluding steroid dienone is 1. The van der Waals surface area contributed by atoms with Gasteiger partial charge >= 0.3 is 0 Å². The number of primary amides is 1. The average Bonchev–Trinajstić information content (AvgIpc) is 2.71. The lowest BCUT2D eigenvalue weighted by Crippen LogP contribution is -2.38. The number of nitrogens with two attached hydrogens (primary N) is 1. The normalized spacial score (nSPS) is 21.8. The van der Waals surface area contributed by atoms with Gasteiger partial charge in [0, 0.05) is 19.5 Å². The van der Waals surface area contributed by atoms with E-state index >= 15 is 0 Å². The number of hydrogen-bond acceptors (Lipinski definition) is 7. The Morgan fingerprint density at radius 2 is 1.97 bits per heavy atom. The Bertz CT molecular complexity index is 881. The van der Waals surface area contributed by atoms with Crippen molar-refractivity contribution in [2.75, 3.05) is 33.4 Å². The number of hydrogen-bond donors (Lipinski definition) is 2. The first-order valence-electron chi connectivity index (χ1n) is 10.4. The van der Waals surface area contributed by atoms with Crippen LogP contribution in [0.5, 0.6) is 5.75 Å². The first kappa shape index (κ1) is 23.5. The molecule has 3 rings (SSSR count). The van der Waals surface area contributed by atoms with Gasteiger partial charge in [0.2, 0.25) is 16.3 Å². The number of benzene rings is 1. The van der Waals surface area contributed by atoms with Gasteiger partial charge in [0.1, 0.15) is 5.75 Å². The molecule has 1 aromatic rings. The van der Waals surface area contributed by atoms with Gasteiger partial charge in [0.25, 0.3) is 5.91 Å². The van der Waals surface area contributed by atoms with E-state index in [2.05, 4.69) is 0 Å². The van der Waals surface area contributed by atoms with Gasteiger partial charge in [-0.1, -0.05) is 6.42 Å². The maximum atomic E-state index is 13.0. The number of carbonyl (C=O) groups excluding carboxylic acids is 1. The molecule has 1 aromatic carbocycles. The number of carbonyl (C=O) groups is 1. The van der Waals surface area contributed by atoms with Crippen LogP contribution >= 0.6 is 0 Å². The molecule has 2 atom stereocenters. The molecule has 0 saturated heterocycles. The number of aliphatic hydroxyl groups is 1. The first-order chi connectivity index (χ1) is 14.8. The fourth-order valence-corrected chi connectivity index (χ4v) is 5.21. The number of methoxy groups -OCH3 is 1. The number of rotatable bonds is 11. The van der Waals surface area contributed by atoms with Crippen LogP contribution in [0.2, 0.25) is 0 Å². The summed E-state index contributed by atoms with van der Waals surface area (Å²) in [5.41, 5.74) is 5.40. The maximum Gasteiger partial charge on any atom is 0.283 e. The van der Waals surface area contributed by atoms with Crippen LogP contribution in [0.4, 0.5) is 0 Å². The summed E-state index contributed by atoms with van der Waals surface area (Å²) in [4.78, 5) is 11.7. The fourth-order valence-electron chi connectivity index (χ4n) is 3.80. The molecule has 1 aliphatic heterocycles. The summed E-state index contributed by atoms with van der Waals surface area (Å²) in [7, 11) is -2.32. The molecule has 1 aliphatic carbocycles. The Labute approximate surface area is 182 Å². The van der Waals surface area contributed by atoms with E-state index in [1.807, 2.05) is 0 Å². The van der Waals surface area contributed by atoms with E-state index in [1.165, 1.54) is 25.7 Å². The SMILES string of the molecule is COc1ccc(S(=O)(=O)N(CCO)CCO[C@@H]2C[C@H](C3CCC3)C=C(C(N)=O)O2)cc1.